The van der Waals surface area contributed by atoms with E-state index < -0.39 is 0 Å². The number of imidazole rings is 1. The van der Waals surface area contributed by atoms with Crippen molar-refractivity contribution in [3.05, 3.63) is 34.4 Å². The molecule has 0 aliphatic carbocycles. The summed E-state index contributed by atoms with van der Waals surface area (Å²) in [7, 11) is 0. The van der Waals surface area contributed by atoms with Crippen molar-refractivity contribution in [3.63, 3.8) is 0 Å². The van der Waals surface area contributed by atoms with Crippen LogP contribution in [0.4, 0.5) is 5.82 Å². The van der Waals surface area contributed by atoms with E-state index in [1.807, 2.05) is 12.1 Å². The summed E-state index contributed by atoms with van der Waals surface area (Å²) in [6.45, 7) is 2.12. The molecule has 0 fully saturated rings. The number of aromatic hydroxyl groups is 1. The molecule has 2 aromatic heterocycles. The second kappa shape index (κ2) is 5.69. The maximum absolute atomic E-state index is 9.91. The highest BCUT2D eigenvalue weighted by molar-refractivity contribution is 6.30. The number of halogens is 1. The van der Waals surface area contributed by atoms with Crippen LogP contribution < -0.4 is 0 Å². The highest BCUT2D eigenvalue weighted by atomic mass is 35.5. The fraction of sp³-hybridized carbons (Fsp3) is 0.267. The van der Waals surface area contributed by atoms with Gasteiger partial charge in [0, 0.05) is 23.8 Å². The van der Waals surface area contributed by atoms with Crippen LogP contribution in [-0.4, -0.2) is 26.3 Å². The van der Waals surface area contributed by atoms with Crippen molar-refractivity contribution in [1.29, 1.82) is 0 Å². The summed E-state index contributed by atoms with van der Waals surface area (Å²) in [6, 6.07) is 3.59. The first-order chi connectivity index (χ1) is 10.2. The van der Waals surface area contributed by atoms with E-state index in [2.05, 4.69) is 26.9 Å². The molecule has 0 bridgehead atoms. The third-order valence-electron chi connectivity index (χ3n) is 3.31. The topological polar surface area (TPSA) is 74.2 Å². The van der Waals surface area contributed by atoms with E-state index in [0.29, 0.717) is 16.7 Å². The van der Waals surface area contributed by atoms with Gasteiger partial charge in [0.1, 0.15) is 16.7 Å². The Morgan fingerprint density at radius 2 is 2.19 bits per heavy atom. The molecule has 21 heavy (non-hydrogen) atoms. The van der Waals surface area contributed by atoms with Crippen molar-refractivity contribution in [2.75, 3.05) is 0 Å². The van der Waals surface area contributed by atoms with Gasteiger partial charge >= 0.3 is 0 Å². The average Bonchev–Trinajstić information content (AvgIpc) is 3.01. The zero-order valence-corrected chi connectivity index (χ0v) is 12.4. The zero-order chi connectivity index (χ0) is 14.8. The lowest BCUT2D eigenvalue weighted by molar-refractivity contribution is 0.454. The maximum atomic E-state index is 9.91. The molecule has 0 saturated carbocycles. The van der Waals surface area contributed by atoms with Gasteiger partial charge in [-0.15, -0.1) is 0 Å². The minimum atomic E-state index is 0.0115. The molecule has 0 atom stereocenters. The van der Waals surface area contributed by atoms with E-state index in [4.69, 9.17) is 11.6 Å². The zero-order valence-electron chi connectivity index (χ0n) is 11.6. The number of hydrogen-bond acceptors (Lipinski definition) is 4. The number of nitrogens with one attached hydrogen (secondary N) is 1. The van der Waals surface area contributed by atoms with Gasteiger partial charge in [-0.1, -0.05) is 24.9 Å². The number of unbranched alkanes of at least 4 members (excludes halogenated alkanes) is 1. The van der Waals surface area contributed by atoms with Gasteiger partial charge in [-0.05, 0) is 24.6 Å². The Labute approximate surface area is 127 Å². The van der Waals surface area contributed by atoms with Crippen LogP contribution in [0.5, 0.6) is 5.88 Å². The van der Waals surface area contributed by atoms with Gasteiger partial charge in [0.25, 0.3) is 0 Å². The number of aryl methyl sites for hydroxylation is 1. The first-order valence-electron chi connectivity index (χ1n) is 6.88. The molecule has 0 amide bonds. The summed E-state index contributed by atoms with van der Waals surface area (Å²) in [6.07, 6.45) is 6.48. The van der Waals surface area contributed by atoms with E-state index in [1.165, 1.54) is 0 Å². The van der Waals surface area contributed by atoms with Gasteiger partial charge in [-0.3, -0.25) is 0 Å². The van der Waals surface area contributed by atoms with E-state index in [1.54, 1.807) is 12.3 Å². The number of allylic oxidation sites excluding steroid dienone is 1. The molecule has 1 aliphatic heterocycles. The third-order valence-corrected chi connectivity index (χ3v) is 3.52. The number of H-pyrrole nitrogens is 1. The maximum Gasteiger partial charge on any atom is 0.237 e. The van der Waals surface area contributed by atoms with Gasteiger partial charge < -0.3 is 10.1 Å². The summed E-state index contributed by atoms with van der Waals surface area (Å²) in [5, 5.41) is 10.3. The number of aliphatic imine (C=N–C) groups is 1. The van der Waals surface area contributed by atoms with Crippen LogP contribution in [0.1, 0.15) is 36.8 Å². The van der Waals surface area contributed by atoms with Gasteiger partial charge in [-0.25, -0.2) is 9.98 Å². The second-order valence-corrected chi connectivity index (χ2v) is 5.27. The number of aromatic nitrogens is 3. The number of nitrogens with zero attached hydrogens (tertiary/aromatic N) is 3. The molecule has 6 heteroatoms. The van der Waals surface area contributed by atoms with Gasteiger partial charge in [0.05, 0.1) is 0 Å². The minimum Gasteiger partial charge on any atom is -0.492 e. The lowest BCUT2D eigenvalue weighted by Crippen LogP contribution is -1.87. The van der Waals surface area contributed by atoms with Crippen LogP contribution in [-0.2, 0) is 6.42 Å². The number of pyridine rings is 1. The van der Waals surface area contributed by atoms with Gasteiger partial charge in [0.15, 0.2) is 5.82 Å². The molecule has 0 radical (unpaired) electrons. The van der Waals surface area contributed by atoms with Crippen molar-refractivity contribution in [2.45, 2.75) is 26.2 Å². The number of rotatable bonds is 4. The summed E-state index contributed by atoms with van der Waals surface area (Å²) >= 11 is 5.85. The minimum absolute atomic E-state index is 0.0115. The molecule has 3 rings (SSSR count). The SMILES string of the molecule is CCCCc1nc(O)c(C=C2C=Nc3nc(Cl)ccc32)[nH]1. The van der Waals surface area contributed by atoms with Crippen molar-refractivity contribution < 1.29 is 5.11 Å². The molecule has 0 spiro atoms. The number of aromatic amines is 1. The largest absolute Gasteiger partial charge is 0.492 e. The highest BCUT2D eigenvalue weighted by Gasteiger charge is 2.15. The smallest absolute Gasteiger partial charge is 0.237 e. The van der Waals surface area contributed by atoms with Crippen LogP contribution >= 0.6 is 11.6 Å². The molecule has 3 heterocycles. The fourth-order valence-electron chi connectivity index (χ4n) is 2.21. The Hall–Kier alpha value is -2.14. The first-order valence-corrected chi connectivity index (χ1v) is 7.25. The standard InChI is InChI=1S/C15H15ClN4O/c1-2-3-4-13-18-11(15(21)20-13)7-9-8-17-14-10(9)5-6-12(16)19-14/h5-8,21H,2-4H2,1H3,(H,18,20). The monoisotopic (exact) mass is 302 g/mol. The van der Waals surface area contributed by atoms with Gasteiger partial charge in [0.2, 0.25) is 5.88 Å². The van der Waals surface area contributed by atoms with Crippen molar-refractivity contribution in [1.82, 2.24) is 15.0 Å². The molecule has 5 nitrogen and oxygen atoms in total. The second-order valence-electron chi connectivity index (χ2n) is 4.89. The first kappa shape index (κ1) is 13.8. The lowest BCUT2D eigenvalue weighted by Gasteiger charge is -1.98. The average molecular weight is 303 g/mol. The van der Waals surface area contributed by atoms with Gasteiger partial charge in [-0.2, -0.15) is 4.98 Å². The predicted octanol–water partition coefficient (Wildman–Crippen LogP) is 3.76. The Bertz CT molecular complexity index is 733. The van der Waals surface area contributed by atoms with Crippen molar-refractivity contribution >= 4 is 35.3 Å². The highest BCUT2D eigenvalue weighted by Crippen LogP contribution is 2.32. The summed E-state index contributed by atoms with van der Waals surface area (Å²) in [5.41, 5.74) is 2.35. The van der Waals surface area contributed by atoms with Crippen molar-refractivity contribution in [3.8, 4) is 5.88 Å². The van der Waals surface area contributed by atoms with E-state index in [-0.39, 0.29) is 5.88 Å². The Kier molecular flexibility index (Phi) is 3.75. The molecule has 108 valence electrons. The molecule has 0 unspecified atom stereocenters. The fourth-order valence-corrected chi connectivity index (χ4v) is 2.35. The van der Waals surface area contributed by atoms with Crippen molar-refractivity contribution in [2.24, 2.45) is 4.99 Å². The van der Waals surface area contributed by atoms with Crippen LogP contribution in [0.3, 0.4) is 0 Å². The summed E-state index contributed by atoms with van der Waals surface area (Å²) < 4.78 is 0. The van der Waals surface area contributed by atoms with E-state index >= 15 is 0 Å². The molecule has 0 saturated heterocycles. The summed E-state index contributed by atoms with van der Waals surface area (Å²) in [5.74, 6) is 1.40. The Balaban J connectivity index is 1.91. The third kappa shape index (κ3) is 2.83. The molecular formula is C15H15ClN4O. The predicted molar refractivity (Wildman–Crippen MR) is 84.1 cm³/mol. The molecule has 1 aliphatic rings. The van der Waals surface area contributed by atoms with Crippen LogP contribution in [0.15, 0.2) is 17.1 Å². The number of fused-ring (bicyclic) bond motifs is 1. The Morgan fingerprint density at radius 3 is 3.00 bits per heavy atom. The summed E-state index contributed by atoms with van der Waals surface area (Å²) in [4.78, 5) is 15.6. The molecular weight excluding hydrogens is 288 g/mol. The van der Waals surface area contributed by atoms with Crippen LogP contribution in [0, 0.1) is 0 Å². The molecule has 2 aromatic rings. The normalized spacial score (nSPS) is 14.9. The quantitative estimate of drug-likeness (QED) is 0.844. The van der Waals surface area contributed by atoms with E-state index in [0.717, 1.165) is 36.2 Å². The molecule has 2 N–H and O–H groups in total. The van der Waals surface area contributed by atoms with Crippen LogP contribution in [0.25, 0.3) is 11.6 Å². The number of hydrogen-bond donors (Lipinski definition) is 2. The van der Waals surface area contributed by atoms with Crippen LogP contribution in [0.2, 0.25) is 5.15 Å². The van der Waals surface area contributed by atoms with E-state index in [9.17, 15) is 5.11 Å². The Morgan fingerprint density at radius 1 is 1.33 bits per heavy atom. The molecule has 0 aromatic carbocycles. The lowest BCUT2D eigenvalue weighted by atomic mass is 10.1.